The van der Waals surface area contributed by atoms with Crippen LogP contribution < -0.4 is 10.6 Å². The second-order valence-electron chi connectivity index (χ2n) is 6.41. The number of aromatic nitrogens is 2. The third-order valence-electron chi connectivity index (χ3n) is 4.28. The highest BCUT2D eigenvalue weighted by Gasteiger charge is 2.14. The number of halogens is 2. The third kappa shape index (κ3) is 4.28. The van der Waals surface area contributed by atoms with Gasteiger partial charge in [-0.05, 0) is 67.2 Å². The van der Waals surface area contributed by atoms with Gasteiger partial charge in [0.1, 0.15) is 0 Å². The van der Waals surface area contributed by atoms with E-state index in [-0.39, 0.29) is 11.0 Å². The summed E-state index contributed by atoms with van der Waals surface area (Å²) >= 11 is 17.7. The highest BCUT2D eigenvalue weighted by Crippen LogP contribution is 2.31. The number of amides is 1. The van der Waals surface area contributed by atoms with E-state index >= 15 is 0 Å². The second-order valence-corrected chi connectivity index (χ2v) is 7.63. The minimum Gasteiger partial charge on any atom is -0.434 e. The van der Waals surface area contributed by atoms with Crippen LogP contribution in [-0.4, -0.2) is 21.0 Å². The number of carbonyl (C=O) groups is 1. The van der Waals surface area contributed by atoms with E-state index in [1.165, 1.54) is 0 Å². The molecule has 0 aliphatic carbocycles. The number of nitrogens with one attached hydrogen (secondary N) is 2. The fourth-order valence-electron chi connectivity index (χ4n) is 2.72. The van der Waals surface area contributed by atoms with Crippen molar-refractivity contribution in [3.63, 3.8) is 0 Å². The van der Waals surface area contributed by atoms with E-state index in [1.807, 2.05) is 6.92 Å². The average Bonchev–Trinajstić information content (AvgIpc) is 3.15. The van der Waals surface area contributed by atoms with E-state index < -0.39 is 0 Å². The number of hydrogen-bond donors (Lipinski definition) is 2. The van der Waals surface area contributed by atoms with Crippen molar-refractivity contribution in [2.75, 3.05) is 5.32 Å². The summed E-state index contributed by atoms with van der Waals surface area (Å²) in [6, 6.07) is 13.7. The van der Waals surface area contributed by atoms with Crippen molar-refractivity contribution in [3.8, 4) is 11.5 Å². The Kier molecular flexibility index (Phi) is 5.67. The molecule has 4 aromatic rings. The zero-order valence-corrected chi connectivity index (χ0v) is 17.9. The van der Waals surface area contributed by atoms with E-state index in [4.69, 9.17) is 39.8 Å². The number of fused-ring (bicyclic) bond motifs is 1. The molecule has 0 aliphatic heterocycles. The molecule has 6 nitrogen and oxygen atoms in total. The molecular weight excluding hydrogens is 443 g/mol. The number of anilines is 1. The molecule has 0 radical (unpaired) electrons. The smallest absolute Gasteiger partial charge is 0.257 e. The van der Waals surface area contributed by atoms with Gasteiger partial charge in [-0.3, -0.25) is 10.1 Å². The molecule has 0 saturated heterocycles. The van der Waals surface area contributed by atoms with Gasteiger partial charge in [-0.15, -0.1) is 0 Å². The molecule has 9 heteroatoms. The summed E-state index contributed by atoms with van der Waals surface area (Å²) in [6.07, 6.45) is 1.64. The normalized spacial score (nSPS) is 10.8. The zero-order valence-electron chi connectivity index (χ0n) is 15.6. The summed E-state index contributed by atoms with van der Waals surface area (Å²) in [5.74, 6) is -0.0322. The molecule has 2 heterocycles. The van der Waals surface area contributed by atoms with Crippen LogP contribution in [0, 0.1) is 6.92 Å². The summed E-state index contributed by atoms with van der Waals surface area (Å²) in [4.78, 5) is 20.9. The van der Waals surface area contributed by atoms with Gasteiger partial charge < -0.3 is 9.73 Å². The molecule has 0 atom stereocenters. The number of hydrogen-bond acceptors (Lipinski definition) is 5. The highest BCUT2D eigenvalue weighted by molar-refractivity contribution is 7.80. The van der Waals surface area contributed by atoms with Crippen LogP contribution in [0.15, 0.2) is 59.1 Å². The molecule has 0 bridgehead atoms. The Balaban J connectivity index is 1.52. The van der Waals surface area contributed by atoms with Crippen LogP contribution in [0.25, 0.3) is 22.7 Å². The number of rotatable bonds is 3. The first kappa shape index (κ1) is 20.3. The molecule has 0 aliphatic rings. The molecule has 1 amide bonds. The Morgan fingerprint density at radius 1 is 1.10 bits per heavy atom. The summed E-state index contributed by atoms with van der Waals surface area (Å²) in [5, 5.41) is 6.68. The largest absolute Gasteiger partial charge is 0.434 e. The number of carbonyl (C=O) groups excluding carboxylic acids is 1. The van der Waals surface area contributed by atoms with Gasteiger partial charge in [0.25, 0.3) is 5.91 Å². The lowest BCUT2D eigenvalue weighted by molar-refractivity contribution is 0.0977. The van der Waals surface area contributed by atoms with Crippen LogP contribution in [0.4, 0.5) is 5.69 Å². The van der Waals surface area contributed by atoms with Gasteiger partial charge in [-0.1, -0.05) is 29.3 Å². The summed E-state index contributed by atoms with van der Waals surface area (Å²) < 4.78 is 5.74. The Morgan fingerprint density at radius 3 is 2.70 bits per heavy atom. The molecule has 0 unspecified atom stereocenters. The minimum atomic E-state index is -0.367. The molecule has 0 saturated carbocycles. The minimum absolute atomic E-state index is 0.129. The van der Waals surface area contributed by atoms with Gasteiger partial charge in [0.15, 0.2) is 16.3 Å². The predicted molar refractivity (Wildman–Crippen MR) is 122 cm³/mol. The molecule has 2 aromatic carbocycles. The fraction of sp³-hybridized carbons (Fsp3) is 0.0476. The van der Waals surface area contributed by atoms with Gasteiger partial charge in [0, 0.05) is 22.5 Å². The van der Waals surface area contributed by atoms with E-state index in [2.05, 4.69) is 20.6 Å². The van der Waals surface area contributed by atoms with Crippen LogP contribution in [0.1, 0.15) is 15.9 Å². The molecule has 2 aromatic heterocycles. The van der Waals surface area contributed by atoms with Crippen LogP contribution in [-0.2, 0) is 0 Å². The number of thiocarbonyl (C=S) groups is 1. The number of pyridine rings is 1. The standard InChI is InChI=1S/C21H14Cl2N4O2S/c1-11-4-5-12(9-16(11)23)19(28)27-21(30)25-13-6-7-15(22)14(10-13)20-26-18-17(29-20)3-2-8-24-18/h2-10H,1H3,(H2,25,27,28,30). The average molecular weight is 457 g/mol. The number of benzene rings is 2. The first-order valence-corrected chi connectivity index (χ1v) is 9.97. The molecule has 0 spiro atoms. The lowest BCUT2D eigenvalue weighted by Crippen LogP contribution is -2.34. The van der Waals surface area contributed by atoms with Crippen LogP contribution in [0.2, 0.25) is 10.0 Å². The number of aryl methyl sites for hydroxylation is 1. The van der Waals surface area contributed by atoms with Gasteiger partial charge in [0.2, 0.25) is 5.89 Å². The molecule has 150 valence electrons. The van der Waals surface area contributed by atoms with Crippen molar-refractivity contribution in [3.05, 3.63) is 75.9 Å². The van der Waals surface area contributed by atoms with Crippen molar-refractivity contribution in [1.82, 2.24) is 15.3 Å². The maximum Gasteiger partial charge on any atom is 0.257 e. The summed E-state index contributed by atoms with van der Waals surface area (Å²) in [5.41, 5.74) is 3.52. The van der Waals surface area contributed by atoms with E-state index in [1.54, 1.807) is 54.7 Å². The van der Waals surface area contributed by atoms with Gasteiger partial charge >= 0.3 is 0 Å². The Bertz CT molecular complexity index is 1260. The number of oxazole rings is 1. The summed E-state index contributed by atoms with van der Waals surface area (Å²) in [6.45, 7) is 1.86. The Morgan fingerprint density at radius 2 is 1.93 bits per heavy atom. The van der Waals surface area contributed by atoms with Crippen LogP contribution in [0.3, 0.4) is 0 Å². The van der Waals surface area contributed by atoms with E-state index in [0.29, 0.717) is 44.0 Å². The maximum atomic E-state index is 12.4. The lowest BCUT2D eigenvalue weighted by atomic mass is 10.1. The van der Waals surface area contributed by atoms with Crippen molar-refractivity contribution < 1.29 is 9.21 Å². The maximum absolute atomic E-state index is 12.4. The second kappa shape index (κ2) is 8.39. The van der Waals surface area contributed by atoms with E-state index in [9.17, 15) is 4.79 Å². The fourth-order valence-corrected chi connectivity index (χ4v) is 3.31. The molecule has 2 N–H and O–H groups in total. The SMILES string of the molecule is Cc1ccc(C(=O)NC(=S)Nc2ccc(Cl)c(-c3nc4ncccc4o3)c2)cc1Cl. The van der Waals surface area contributed by atoms with Gasteiger partial charge in [-0.25, -0.2) is 4.98 Å². The molecule has 4 rings (SSSR count). The predicted octanol–water partition coefficient (Wildman–Crippen LogP) is 5.63. The first-order valence-electron chi connectivity index (χ1n) is 8.80. The number of nitrogens with zero attached hydrogens (tertiary/aromatic N) is 2. The monoisotopic (exact) mass is 456 g/mol. The Labute approximate surface area is 187 Å². The van der Waals surface area contributed by atoms with Crippen LogP contribution >= 0.6 is 35.4 Å². The van der Waals surface area contributed by atoms with Gasteiger partial charge in [-0.2, -0.15) is 4.98 Å². The summed E-state index contributed by atoms with van der Waals surface area (Å²) in [7, 11) is 0. The van der Waals surface area contributed by atoms with E-state index in [0.717, 1.165) is 5.56 Å². The quantitative estimate of drug-likeness (QED) is 0.388. The Hall–Kier alpha value is -3.00. The van der Waals surface area contributed by atoms with Gasteiger partial charge in [0.05, 0.1) is 10.6 Å². The topological polar surface area (TPSA) is 80.0 Å². The lowest BCUT2D eigenvalue weighted by Gasteiger charge is -2.11. The van der Waals surface area contributed by atoms with Crippen LogP contribution in [0.5, 0.6) is 0 Å². The zero-order chi connectivity index (χ0) is 21.3. The molecular formula is C21H14Cl2N4O2S. The van der Waals surface area contributed by atoms with Crippen molar-refractivity contribution >= 4 is 63.4 Å². The van der Waals surface area contributed by atoms with Crippen molar-refractivity contribution in [2.45, 2.75) is 6.92 Å². The first-order chi connectivity index (χ1) is 14.4. The highest BCUT2D eigenvalue weighted by atomic mass is 35.5. The molecule has 0 fully saturated rings. The van der Waals surface area contributed by atoms with Crippen molar-refractivity contribution in [1.29, 1.82) is 0 Å². The third-order valence-corrected chi connectivity index (χ3v) is 5.22. The van der Waals surface area contributed by atoms with Crippen molar-refractivity contribution in [2.24, 2.45) is 0 Å². The molecule has 30 heavy (non-hydrogen) atoms.